The molecule has 5 heteroatoms. The number of rotatable bonds is 5. The third-order valence-electron chi connectivity index (χ3n) is 11.5. The second-order valence-electron chi connectivity index (χ2n) is 14.8. The average molecular weight is 731 g/mol. The normalized spacial score (nSPS) is 14.5. The van der Waals surface area contributed by atoms with Crippen LogP contribution in [-0.2, 0) is 0 Å². The first-order valence-corrected chi connectivity index (χ1v) is 19.4. The fourth-order valence-corrected chi connectivity index (χ4v) is 8.91. The second kappa shape index (κ2) is 12.4. The predicted molar refractivity (Wildman–Crippen MR) is 236 cm³/mol. The van der Waals surface area contributed by atoms with E-state index in [9.17, 15) is 0 Å². The zero-order chi connectivity index (χ0) is 37.5. The number of aromatic nitrogens is 2. The van der Waals surface area contributed by atoms with E-state index in [0.717, 1.165) is 61.5 Å². The van der Waals surface area contributed by atoms with Crippen molar-refractivity contribution in [3.05, 3.63) is 211 Å². The minimum Gasteiger partial charge on any atom is -0.456 e. The average Bonchev–Trinajstić information content (AvgIpc) is 3.93. The number of nitrogens with zero attached hydrogens (tertiary/aromatic N) is 3. The van der Waals surface area contributed by atoms with Crippen molar-refractivity contribution in [3.63, 3.8) is 0 Å². The van der Waals surface area contributed by atoms with Gasteiger partial charge >= 0.3 is 0 Å². The maximum absolute atomic E-state index is 6.60. The van der Waals surface area contributed by atoms with Crippen LogP contribution in [0.3, 0.4) is 0 Å². The molecule has 0 amide bonds. The number of amidine groups is 1. The summed E-state index contributed by atoms with van der Waals surface area (Å²) in [7, 11) is 0. The van der Waals surface area contributed by atoms with Gasteiger partial charge in [0.2, 0.25) is 0 Å². The van der Waals surface area contributed by atoms with E-state index in [1.165, 1.54) is 43.7 Å². The van der Waals surface area contributed by atoms with Crippen LogP contribution in [0, 0.1) is 0 Å². The Morgan fingerprint density at radius 3 is 1.77 bits per heavy atom. The quantitative estimate of drug-likeness (QED) is 0.192. The van der Waals surface area contributed by atoms with Crippen molar-refractivity contribution in [1.82, 2.24) is 14.5 Å². The van der Waals surface area contributed by atoms with Gasteiger partial charge in [0, 0.05) is 49.3 Å². The number of para-hydroxylation sites is 3. The Bertz CT molecular complexity index is 3420. The predicted octanol–water partition coefficient (Wildman–Crippen LogP) is 12.9. The Kier molecular flexibility index (Phi) is 6.92. The summed E-state index contributed by atoms with van der Waals surface area (Å²) >= 11 is 0. The van der Waals surface area contributed by atoms with Crippen molar-refractivity contribution in [2.75, 3.05) is 0 Å². The summed E-state index contributed by atoms with van der Waals surface area (Å²) < 4.78 is 11.4. The van der Waals surface area contributed by atoms with E-state index >= 15 is 0 Å². The van der Waals surface area contributed by atoms with E-state index < -0.39 is 0 Å². The van der Waals surface area contributed by atoms with Gasteiger partial charge in [-0.25, -0.2) is 4.99 Å². The fourth-order valence-electron chi connectivity index (χ4n) is 8.91. The molecule has 0 fully saturated rings. The Morgan fingerprint density at radius 1 is 0.421 bits per heavy atom. The molecule has 0 bridgehead atoms. The molecule has 0 spiro atoms. The summed E-state index contributed by atoms with van der Waals surface area (Å²) in [5.74, 6) is 0.817. The second-order valence-corrected chi connectivity index (χ2v) is 14.8. The Hall–Kier alpha value is -7.63. The van der Waals surface area contributed by atoms with Gasteiger partial charge in [0.25, 0.3) is 0 Å². The van der Waals surface area contributed by atoms with Gasteiger partial charge in [-0.05, 0) is 83.9 Å². The zero-order valence-corrected chi connectivity index (χ0v) is 30.8. The van der Waals surface area contributed by atoms with Gasteiger partial charge in [-0.15, -0.1) is 0 Å². The largest absolute Gasteiger partial charge is 0.456 e. The highest BCUT2D eigenvalue weighted by atomic mass is 16.3. The highest BCUT2D eigenvalue weighted by Gasteiger charge is 2.22. The van der Waals surface area contributed by atoms with Crippen LogP contribution in [0.1, 0.15) is 22.7 Å². The van der Waals surface area contributed by atoms with E-state index in [2.05, 4.69) is 203 Å². The van der Waals surface area contributed by atoms with Crippen molar-refractivity contribution in [2.45, 2.75) is 6.04 Å². The van der Waals surface area contributed by atoms with Gasteiger partial charge in [-0.1, -0.05) is 121 Å². The maximum Gasteiger partial charge on any atom is 0.136 e. The maximum atomic E-state index is 6.60. The van der Waals surface area contributed by atoms with Gasteiger partial charge in [-0.3, -0.25) is 0 Å². The van der Waals surface area contributed by atoms with Crippen molar-refractivity contribution >= 4 is 77.1 Å². The summed E-state index contributed by atoms with van der Waals surface area (Å²) in [6, 6.07) is 66.8. The summed E-state index contributed by atoms with van der Waals surface area (Å²) in [6.45, 7) is 0. The van der Waals surface area contributed by atoms with Crippen molar-refractivity contribution < 1.29 is 4.42 Å². The van der Waals surface area contributed by atoms with Crippen LogP contribution in [-0.4, -0.2) is 15.0 Å². The molecule has 0 radical (unpaired) electrons. The Balaban J connectivity index is 1.01. The number of aliphatic imine (C=N–C) groups is 1. The molecule has 3 aromatic heterocycles. The highest BCUT2D eigenvalue weighted by molar-refractivity contribution is 6.19. The molecule has 57 heavy (non-hydrogen) atoms. The van der Waals surface area contributed by atoms with E-state index in [1.54, 1.807) is 0 Å². The molecule has 12 rings (SSSR count). The molecular weight excluding hydrogens is 697 g/mol. The van der Waals surface area contributed by atoms with Gasteiger partial charge in [0.15, 0.2) is 0 Å². The molecule has 11 aromatic rings. The molecule has 8 aromatic carbocycles. The van der Waals surface area contributed by atoms with E-state index in [4.69, 9.17) is 9.41 Å². The SMILES string of the molecule is C1=C(c2ccccc2)N=C(c2ccc3c(c2)oc2ccc(-n4c5ccccc5c5cc6c7ccccc7n(-c7ccccc7)c6cc54)cc23)NC1c1ccccc1. The smallest absolute Gasteiger partial charge is 0.136 e. The molecule has 5 nitrogen and oxygen atoms in total. The summed E-state index contributed by atoms with van der Waals surface area (Å²) in [6.07, 6.45) is 2.20. The van der Waals surface area contributed by atoms with Gasteiger partial charge in [-0.2, -0.15) is 0 Å². The van der Waals surface area contributed by atoms with Gasteiger partial charge in [0.1, 0.15) is 17.0 Å². The van der Waals surface area contributed by atoms with Crippen molar-refractivity contribution in [3.8, 4) is 11.4 Å². The van der Waals surface area contributed by atoms with Crippen LogP contribution < -0.4 is 5.32 Å². The van der Waals surface area contributed by atoms with Gasteiger partial charge in [0.05, 0.1) is 33.8 Å². The van der Waals surface area contributed by atoms with E-state index in [0.29, 0.717) is 0 Å². The first-order valence-electron chi connectivity index (χ1n) is 19.4. The number of hydrogen-bond acceptors (Lipinski definition) is 3. The molecule has 0 aliphatic carbocycles. The molecule has 0 saturated heterocycles. The Morgan fingerprint density at radius 2 is 1.05 bits per heavy atom. The van der Waals surface area contributed by atoms with Crippen LogP contribution in [0.2, 0.25) is 0 Å². The van der Waals surface area contributed by atoms with Crippen LogP contribution in [0.4, 0.5) is 0 Å². The molecule has 1 N–H and O–H groups in total. The van der Waals surface area contributed by atoms with Crippen molar-refractivity contribution in [2.24, 2.45) is 4.99 Å². The minimum atomic E-state index is -0.0239. The lowest BCUT2D eigenvalue weighted by molar-refractivity contribution is 0.668. The topological polar surface area (TPSA) is 47.4 Å². The molecule has 0 saturated carbocycles. The highest BCUT2D eigenvalue weighted by Crippen LogP contribution is 2.41. The van der Waals surface area contributed by atoms with E-state index in [1.807, 2.05) is 6.07 Å². The number of furan rings is 1. The molecule has 268 valence electrons. The summed E-state index contributed by atoms with van der Waals surface area (Å²) in [5, 5.41) is 10.8. The lowest BCUT2D eigenvalue weighted by atomic mass is 10.00. The molecule has 1 unspecified atom stereocenters. The molecule has 1 aliphatic rings. The third-order valence-corrected chi connectivity index (χ3v) is 11.5. The fraction of sp³-hybridized carbons (Fsp3) is 0.0192. The van der Waals surface area contributed by atoms with Gasteiger partial charge < -0.3 is 18.9 Å². The van der Waals surface area contributed by atoms with Crippen LogP contribution >= 0.6 is 0 Å². The summed E-state index contributed by atoms with van der Waals surface area (Å²) in [5.41, 5.74) is 12.8. The summed E-state index contributed by atoms with van der Waals surface area (Å²) in [4.78, 5) is 5.15. The number of nitrogens with one attached hydrogen (secondary N) is 1. The molecular formula is C52H34N4O. The Labute approximate surface area is 328 Å². The number of fused-ring (bicyclic) bond motifs is 9. The lowest BCUT2D eigenvalue weighted by Crippen LogP contribution is -2.31. The van der Waals surface area contributed by atoms with Crippen LogP contribution in [0.25, 0.3) is 82.6 Å². The zero-order valence-electron chi connectivity index (χ0n) is 30.8. The minimum absolute atomic E-state index is 0.0239. The number of hydrogen-bond donors (Lipinski definition) is 1. The standard InChI is InChI=1S/C52H34N4O/c1-4-14-33(15-5-1)44-31-45(34-16-6-2-7-17-34)54-52(53-44)35-24-26-40-43-29-37(25-27-50(43)57-51(40)28-35)56-47-23-13-11-21-39(47)42-30-41-38-20-10-12-22-46(38)55(48(41)32-49(42)56)36-18-8-3-9-19-36/h1-32,44H,(H,53,54). The molecule has 4 heterocycles. The molecule has 1 atom stereocenters. The van der Waals surface area contributed by atoms with E-state index in [-0.39, 0.29) is 6.04 Å². The first kappa shape index (κ1) is 31.7. The molecule has 1 aliphatic heterocycles. The monoisotopic (exact) mass is 730 g/mol. The van der Waals surface area contributed by atoms with Crippen LogP contribution in [0.15, 0.2) is 204 Å². The first-order chi connectivity index (χ1) is 28.2. The lowest BCUT2D eigenvalue weighted by Gasteiger charge is -2.24. The number of benzene rings is 8. The van der Waals surface area contributed by atoms with Crippen molar-refractivity contribution in [1.29, 1.82) is 0 Å². The van der Waals surface area contributed by atoms with Crippen LogP contribution in [0.5, 0.6) is 0 Å². The third kappa shape index (κ3) is 4.99.